The van der Waals surface area contributed by atoms with Crippen molar-refractivity contribution in [1.82, 2.24) is 0 Å². The first kappa shape index (κ1) is 39.6. The molecule has 0 spiro atoms. The van der Waals surface area contributed by atoms with Gasteiger partial charge in [-0.05, 0) is 47.3 Å². The summed E-state index contributed by atoms with van der Waals surface area (Å²) in [7, 11) is 0. The average molecular weight is 737 g/mol. The molecule has 3 heteroatoms. The molecule has 0 aliphatic heterocycles. The summed E-state index contributed by atoms with van der Waals surface area (Å²) in [6, 6.07) is 12.6. The van der Waals surface area contributed by atoms with Crippen molar-refractivity contribution in [3.8, 4) is 0 Å². The van der Waals surface area contributed by atoms with Gasteiger partial charge in [-0.25, -0.2) is 6.08 Å². The van der Waals surface area contributed by atoms with Crippen LogP contribution in [0.5, 0.6) is 0 Å². The van der Waals surface area contributed by atoms with Gasteiger partial charge in [0.15, 0.2) is 0 Å². The Morgan fingerprint density at radius 1 is 0.630 bits per heavy atom. The summed E-state index contributed by atoms with van der Waals surface area (Å²) in [5.41, 5.74) is 9.10. The first-order valence-electron chi connectivity index (χ1n) is 17.4. The minimum atomic E-state index is 0. The summed E-state index contributed by atoms with van der Waals surface area (Å²) in [5.74, 6) is 0. The fraction of sp³-hybridized carbons (Fsp3) is 0.581. The van der Waals surface area contributed by atoms with Crippen LogP contribution in [0, 0.1) is 11.5 Å². The van der Waals surface area contributed by atoms with Gasteiger partial charge < -0.3 is 24.8 Å². The van der Waals surface area contributed by atoms with Crippen molar-refractivity contribution >= 4 is 24.8 Å². The van der Waals surface area contributed by atoms with E-state index < -0.39 is 0 Å². The molecule has 0 aromatic heterocycles. The fourth-order valence-electron chi connectivity index (χ4n) is 7.86. The standard InChI is InChI=1S/C29H37.C9H13.C5H8.2ClH.Zr/c1-26(2)9-11-28(5,6)24-16-20-18(14-22(24)26)13-19-15-23-25(17-21(19)20)29(7,8)12-10-27(23,3)4;1-9(2,3)8-6-4-5-7-8;1-2-4-5-3-1;;;/h13-17H,9-12H2,1-8H3;6-7H,4H2,1-3H3;1-4H2;2*1H;/q2*-1;;;;+2/p-2. The number of rotatable bonds is 0. The van der Waals surface area contributed by atoms with Gasteiger partial charge in [0.05, 0.1) is 0 Å². The number of fused-ring (bicyclic) bond motifs is 5. The predicted octanol–water partition coefficient (Wildman–Crippen LogP) is 6.42. The van der Waals surface area contributed by atoms with Gasteiger partial charge >= 0.3 is 53.1 Å². The summed E-state index contributed by atoms with van der Waals surface area (Å²) in [6.07, 6.45) is 19.4. The molecule has 0 amide bonds. The molecule has 4 aliphatic carbocycles. The number of allylic oxidation sites excluding steroid dienone is 4. The Labute approximate surface area is 309 Å². The molecule has 3 aromatic rings. The molecule has 0 saturated heterocycles. The van der Waals surface area contributed by atoms with Crippen molar-refractivity contribution in [2.45, 2.75) is 156 Å². The Morgan fingerprint density at radius 3 is 1.26 bits per heavy atom. The first-order chi connectivity index (χ1) is 20.3. The molecule has 250 valence electrons. The van der Waals surface area contributed by atoms with Crippen molar-refractivity contribution in [2.24, 2.45) is 5.41 Å². The third kappa shape index (κ3) is 8.11. The number of benzene rings is 2. The van der Waals surface area contributed by atoms with Gasteiger partial charge in [-0.2, -0.15) is 11.6 Å². The van der Waals surface area contributed by atoms with Crippen LogP contribution in [-0.2, 0) is 45.9 Å². The van der Waals surface area contributed by atoms with E-state index in [0.29, 0.717) is 5.41 Å². The number of halogens is 2. The molecule has 0 atom stereocenters. The van der Waals surface area contributed by atoms with Crippen LogP contribution in [0.4, 0.5) is 0 Å². The second kappa shape index (κ2) is 14.2. The van der Waals surface area contributed by atoms with Crippen molar-refractivity contribution in [3.05, 3.63) is 76.4 Å². The summed E-state index contributed by atoms with van der Waals surface area (Å²) >= 11 is 1.68. The van der Waals surface area contributed by atoms with Gasteiger partial charge in [-0.3, -0.25) is 6.08 Å². The monoisotopic (exact) mass is 734 g/mol. The van der Waals surface area contributed by atoms with Crippen LogP contribution in [0.1, 0.15) is 156 Å². The van der Waals surface area contributed by atoms with Crippen molar-refractivity contribution in [3.63, 3.8) is 0 Å². The quantitative estimate of drug-likeness (QED) is 0.234. The number of hydrogen-bond acceptors (Lipinski definition) is 0. The maximum absolute atomic E-state index is 3.16. The molecule has 7 rings (SSSR count). The van der Waals surface area contributed by atoms with Gasteiger partial charge in [-0.1, -0.05) is 116 Å². The molecule has 0 N–H and O–H groups in total. The number of hydrogen-bond donors (Lipinski definition) is 0. The summed E-state index contributed by atoms with van der Waals surface area (Å²) in [6.45, 7) is 26.1. The van der Waals surface area contributed by atoms with Crippen LogP contribution in [0.2, 0.25) is 0 Å². The Hall–Kier alpha value is -0.877. The van der Waals surface area contributed by atoms with Crippen LogP contribution < -0.4 is 24.8 Å². The second-order valence-electron chi connectivity index (χ2n) is 17.9. The van der Waals surface area contributed by atoms with Gasteiger partial charge in [0.2, 0.25) is 0 Å². The minimum absolute atomic E-state index is 0. The van der Waals surface area contributed by atoms with Crippen LogP contribution in [0.25, 0.3) is 21.5 Å². The molecule has 3 aromatic carbocycles. The van der Waals surface area contributed by atoms with Crippen molar-refractivity contribution in [2.75, 3.05) is 0 Å². The van der Waals surface area contributed by atoms with E-state index in [0.717, 1.165) is 6.42 Å². The SMILES string of the molecule is CC(C)(C)C1=CC[C-]=C1.CC1(C)CCC(C)(C)c2cc3c(cc21)[cH-]c1cc2c(cc13)C(C)(C)CCC2(C)C.[Cl-].[Cl-].[Zr+2]=[C]1CCCC1. The third-order valence-corrected chi connectivity index (χ3v) is 12.6. The fourth-order valence-corrected chi connectivity index (χ4v) is 8.72. The van der Waals surface area contributed by atoms with E-state index in [2.05, 4.69) is 125 Å². The Bertz CT molecular complexity index is 1530. The van der Waals surface area contributed by atoms with E-state index in [9.17, 15) is 0 Å². The molecule has 1 saturated carbocycles. The van der Waals surface area contributed by atoms with Crippen LogP contribution in [0.15, 0.2) is 48.1 Å². The normalized spacial score (nSPS) is 21.5. The van der Waals surface area contributed by atoms with E-state index in [1.54, 1.807) is 49.7 Å². The predicted molar refractivity (Wildman–Crippen MR) is 191 cm³/mol. The third-order valence-electron chi connectivity index (χ3n) is 11.4. The zero-order valence-electron chi connectivity index (χ0n) is 30.7. The van der Waals surface area contributed by atoms with Gasteiger partial charge in [-0.15, -0.1) is 46.2 Å². The van der Waals surface area contributed by atoms with Crippen LogP contribution in [0.3, 0.4) is 0 Å². The van der Waals surface area contributed by atoms with E-state index in [1.165, 1.54) is 78.5 Å². The zero-order chi connectivity index (χ0) is 32.3. The molecule has 0 radical (unpaired) electrons. The molecule has 4 aliphatic rings. The molecule has 46 heavy (non-hydrogen) atoms. The average Bonchev–Trinajstić information content (AvgIpc) is 3.70. The topological polar surface area (TPSA) is 0 Å². The van der Waals surface area contributed by atoms with E-state index in [1.807, 2.05) is 0 Å². The molecular formula is C43H58Cl2Zr-2. The van der Waals surface area contributed by atoms with E-state index >= 15 is 0 Å². The van der Waals surface area contributed by atoms with E-state index in [-0.39, 0.29) is 46.5 Å². The van der Waals surface area contributed by atoms with E-state index in [4.69, 9.17) is 0 Å². The first-order valence-corrected chi connectivity index (χ1v) is 18.6. The van der Waals surface area contributed by atoms with Gasteiger partial charge in [0, 0.05) is 0 Å². The summed E-state index contributed by atoms with van der Waals surface area (Å²) in [4.78, 5) is 0. The molecule has 1 fully saturated rings. The molecule has 0 heterocycles. The summed E-state index contributed by atoms with van der Waals surface area (Å²) < 4.78 is 1.79. The van der Waals surface area contributed by atoms with Crippen LogP contribution in [-0.4, -0.2) is 3.21 Å². The molecule has 0 bridgehead atoms. The second-order valence-corrected chi connectivity index (χ2v) is 19.7. The Morgan fingerprint density at radius 2 is 1.00 bits per heavy atom. The van der Waals surface area contributed by atoms with Crippen LogP contribution >= 0.6 is 0 Å². The van der Waals surface area contributed by atoms with Gasteiger partial charge in [0.25, 0.3) is 0 Å². The van der Waals surface area contributed by atoms with Crippen molar-refractivity contribution < 1.29 is 49.0 Å². The molecule has 0 nitrogen and oxygen atoms in total. The molecule has 0 unspecified atom stereocenters. The Kier molecular flexibility index (Phi) is 12.2. The van der Waals surface area contributed by atoms with Gasteiger partial charge in [0.1, 0.15) is 0 Å². The summed E-state index contributed by atoms with van der Waals surface area (Å²) in [5, 5.41) is 5.79. The van der Waals surface area contributed by atoms with Crippen molar-refractivity contribution in [1.29, 1.82) is 0 Å². The Balaban J connectivity index is 0.000000280. The molecular weight excluding hydrogens is 679 g/mol. The maximum atomic E-state index is 3.16. The zero-order valence-corrected chi connectivity index (χ0v) is 34.6.